The number of hydrogen-bond acceptors (Lipinski definition) is 4. The lowest BCUT2D eigenvalue weighted by molar-refractivity contribution is -0.384. The molecule has 0 amide bonds. The summed E-state index contributed by atoms with van der Waals surface area (Å²) >= 11 is 0. The van der Waals surface area contributed by atoms with Gasteiger partial charge in [0.15, 0.2) is 0 Å². The van der Waals surface area contributed by atoms with E-state index in [0.717, 1.165) is 10.9 Å². The number of non-ortho nitro benzene ring substituents is 1. The van der Waals surface area contributed by atoms with Crippen LogP contribution in [-0.2, 0) is 0 Å². The zero-order chi connectivity index (χ0) is 17.1. The second kappa shape index (κ2) is 6.18. The van der Waals surface area contributed by atoms with Gasteiger partial charge in [-0.05, 0) is 17.7 Å². The van der Waals surface area contributed by atoms with Crippen LogP contribution in [0.1, 0.15) is 15.9 Å². The van der Waals surface area contributed by atoms with E-state index in [1.165, 1.54) is 24.3 Å². The van der Waals surface area contributed by atoms with Crippen LogP contribution in [0, 0.1) is 21.4 Å². The van der Waals surface area contributed by atoms with Crippen LogP contribution in [0.5, 0.6) is 0 Å². The molecule has 1 aromatic heterocycles. The Labute approximate surface area is 136 Å². The van der Waals surface area contributed by atoms with E-state index >= 15 is 0 Å². The molecule has 0 aliphatic heterocycles. The lowest BCUT2D eigenvalue weighted by Gasteiger charge is -1.99. The van der Waals surface area contributed by atoms with Crippen LogP contribution in [0.25, 0.3) is 17.0 Å². The van der Waals surface area contributed by atoms with Crippen molar-refractivity contribution in [2.24, 2.45) is 0 Å². The summed E-state index contributed by atoms with van der Waals surface area (Å²) in [5.74, 6) is -0.429. The minimum Gasteiger partial charge on any atom is -0.360 e. The highest BCUT2D eigenvalue weighted by Crippen LogP contribution is 2.22. The average Bonchev–Trinajstić information content (AvgIpc) is 3.03. The second-order valence-corrected chi connectivity index (χ2v) is 5.10. The van der Waals surface area contributed by atoms with Gasteiger partial charge in [-0.1, -0.05) is 30.3 Å². The fraction of sp³-hybridized carbons (Fsp3) is 0. The Balaban J connectivity index is 2.02. The molecule has 6 heteroatoms. The number of carbonyl (C=O) groups excluding carboxylic acids is 1. The smallest absolute Gasteiger partial charge is 0.270 e. The Bertz CT molecular complexity index is 1030. The Hall–Kier alpha value is -3.72. The van der Waals surface area contributed by atoms with Gasteiger partial charge in [-0.2, -0.15) is 5.26 Å². The summed E-state index contributed by atoms with van der Waals surface area (Å²) in [6.07, 6.45) is 2.92. The van der Waals surface area contributed by atoms with Crippen LogP contribution in [-0.4, -0.2) is 15.7 Å². The summed E-state index contributed by atoms with van der Waals surface area (Å²) in [6.45, 7) is 0. The predicted octanol–water partition coefficient (Wildman–Crippen LogP) is 3.87. The number of H-pyrrole nitrogens is 1. The van der Waals surface area contributed by atoms with Gasteiger partial charge in [-0.3, -0.25) is 14.9 Å². The number of fused-ring (bicyclic) bond motifs is 1. The molecule has 24 heavy (non-hydrogen) atoms. The summed E-state index contributed by atoms with van der Waals surface area (Å²) in [7, 11) is 0. The normalized spacial score (nSPS) is 11.2. The molecule has 0 saturated heterocycles. The lowest BCUT2D eigenvalue weighted by atomic mass is 10.0. The fourth-order valence-corrected chi connectivity index (χ4v) is 2.45. The molecule has 0 aliphatic rings. The first-order valence-corrected chi connectivity index (χ1v) is 7.07. The van der Waals surface area contributed by atoms with Crippen LogP contribution in [0.15, 0.2) is 60.3 Å². The molecular formula is C18H11N3O3. The van der Waals surface area contributed by atoms with Crippen LogP contribution in [0.3, 0.4) is 0 Å². The van der Waals surface area contributed by atoms with Gasteiger partial charge in [-0.25, -0.2) is 0 Å². The van der Waals surface area contributed by atoms with Crippen molar-refractivity contribution in [2.75, 3.05) is 0 Å². The minimum absolute atomic E-state index is 0.0831. The molecule has 6 nitrogen and oxygen atoms in total. The number of carbonyl (C=O) groups is 1. The van der Waals surface area contributed by atoms with Gasteiger partial charge in [-0.15, -0.1) is 0 Å². The molecule has 0 atom stereocenters. The standard InChI is InChI=1S/C18H11N3O3/c19-10-13(8-12-4-3-5-14(9-12)21(23)24)18(22)16-11-20-17-7-2-1-6-15(16)17/h1-9,11,20H. The highest BCUT2D eigenvalue weighted by Gasteiger charge is 2.16. The average molecular weight is 317 g/mol. The molecule has 0 spiro atoms. The summed E-state index contributed by atoms with van der Waals surface area (Å²) in [5, 5.41) is 20.9. The van der Waals surface area contributed by atoms with E-state index in [2.05, 4.69) is 4.98 Å². The van der Waals surface area contributed by atoms with Crippen molar-refractivity contribution in [3.05, 3.63) is 81.5 Å². The topological polar surface area (TPSA) is 99.8 Å². The number of aromatic nitrogens is 1. The zero-order valence-electron chi connectivity index (χ0n) is 12.4. The molecule has 0 saturated carbocycles. The second-order valence-electron chi connectivity index (χ2n) is 5.10. The molecule has 3 rings (SSSR count). The summed E-state index contributed by atoms with van der Waals surface area (Å²) in [4.78, 5) is 25.9. The van der Waals surface area contributed by atoms with Gasteiger partial charge in [0.25, 0.3) is 5.69 Å². The van der Waals surface area contributed by atoms with E-state index in [-0.39, 0.29) is 11.3 Å². The van der Waals surface area contributed by atoms with E-state index < -0.39 is 10.7 Å². The number of nitrogens with zero attached hydrogens (tertiary/aromatic N) is 2. The van der Waals surface area contributed by atoms with Gasteiger partial charge >= 0.3 is 0 Å². The van der Waals surface area contributed by atoms with Crippen LogP contribution < -0.4 is 0 Å². The fourth-order valence-electron chi connectivity index (χ4n) is 2.45. The molecule has 0 unspecified atom stereocenters. The number of nitro benzene ring substituents is 1. The van der Waals surface area contributed by atoms with E-state index in [4.69, 9.17) is 0 Å². The largest absolute Gasteiger partial charge is 0.360 e. The molecule has 0 aliphatic carbocycles. The first kappa shape index (κ1) is 15.2. The Morgan fingerprint density at radius 3 is 2.75 bits per heavy atom. The van der Waals surface area contributed by atoms with Crippen LogP contribution >= 0.6 is 0 Å². The van der Waals surface area contributed by atoms with Gasteiger partial charge in [0, 0.05) is 34.8 Å². The molecule has 1 N–H and O–H groups in total. The van der Waals surface area contributed by atoms with E-state index in [1.54, 1.807) is 18.3 Å². The van der Waals surface area contributed by atoms with E-state index in [9.17, 15) is 20.2 Å². The molecule has 116 valence electrons. The number of nitrogens with one attached hydrogen (secondary N) is 1. The third kappa shape index (κ3) is 2.78. The SMILES string of the molecule is N#CC(=Cc1cccc([N+](=O)[O-])c1)C(=O)c1c[nH]c2ccccc12. The number of aromatic amines is 1. The van der Waals surface area contributed by atoms with Crippen molar-refractivity contribution in [3.63, 3.8) is 0 Å². The zero-order valence-corrected chi connectivity index (χ0v) is 12.4. The number of benzene rings is 2. The molecule has 0 fully saturated rings. The number of nitro groups is 1. The molecule has 1 heterocycles. The maximum atomic E-state index is 12.6. The lowest BCUT2D eigenvalue weighted by Crippen LogP contribution is -2.01. The maximum absolute atomic E-state index is 12.6. The van der Waals surface area contributed by atoms with Crippen molar-refractivity contribution >= 4 is 28.4 Å². The van der Waals surface area contributed by atoms with Crippen molar-refractivity contribution in [1.29, 1.82) is 5.26 Å². The number of allylic oxidation sites excluding steroid dienone is 1. The van der Waals surface area contributed by atoms with Crippen LogP contribution in [0.4, 0.5) is 5.69 Å². The first-order chi connectivity index (χ1) is 11.6. The molecule has 3 aromatic rings. The first-order valence-electron chi connectivity index (χ1n) is 7.07. The number of Topliss-reactive ketones (excluding diaryl/α,β-unsaturated/α-hetero) is 1. The third-order valence-corrected chi connectivity index (χ3v) is 3.59. The van der Waals surface area contributed by atoms with Gasteiger partial charge < -0.3 is 4.98 Å². The highest BCUT2D eigenvalue weighted by molar-refractivity contribution is 6.19. The maximum Gasteiger partial charge on any atom is 0.270 e. The number of ketones is 1. The van der Waals surface area contributed by atoms with Gasteiger partial charge in [0.1, 0.15) is 11.6 Å². The summed E-state index contributed by atoms with van der Waals surface area (Å²) in [5.41, 5.74) is 1.44. The predicted molar refractivity (Wildman–Crippen MR) is 89.3 cm³/mol. The summed E-state index contributed by atoms with van der Waals surface area (Å²) < 4.78 is 0. The van der Waals surface area contributed by atoms with Gasteiger partial charge in [0.05, 0.1) is 4.92 Å². The molecule has 0 radical (unpaired) electrons. The van der Waals surface area contributed by atoms with Gasteiger partial charge in [0.2, 0.25) is 5.78 Å². The van der Waals surface area contributed by atoms with E-state index in [0.29, 0.717) is 11.1 Å². The quantitative estimate of drug-likeness (QED) is 0.259. The number of rotatable bonds is 4. The highest BCUT2D eigenvalue weighted by atomic mass is 16.6. The number of para-hydroxylation sites is 1. The number of hydrogen-bond donors (Lipinski definition) is 1. The third-order valence-electron chi connectivity index (χ3n) is 3.59. The van der Waals surface area contributed by atoms with Crippen molar-refractivity contribution in [3.8, 4) is 6.07 Å². The number of nitriles is 1. The monoisotopic (exact) mass is 317 g/mol. The molecule has 2 aromatic carbocycles. The van der Waals surface area contributed by atoms with Crippen molar-refractivity contribution < 1.29 is 9.72 Å². The van der Waals surface area contributed by atoms with E-state index in [1.807, 2.05) is 24.3 Å². The Kier molecular flexibility index (Phi) is 3.91. The molecule has 0 bridgehead atoms. The van der Waals surface area contributed by atoms with Crippen molar-refractivity contribution in [1.82, 2.24) is 4.98 Å². The Morgan fingerprint density at radius 2 is 2.00 bits per heavy atom. The summed E-state index contributed by atoms with van der Waals surface area (Å²) in [6, 6.07) is 14.9. The molecular weight excluding hydrogens is 306 g/mol. The van der Waals surface area contributed by atoms with Crippen molar-refractivity contribution in [2.45, 2.75) is 0 Å². The minimum atomic E-state index is -0.523. The van der Waals surface area contributed by atoms with Crippen LogP contribution in [0.2, 0.25) is 0 Å². The Morgan fingerprint density at radius 1 is 1.21 bits per heavy atom.